The molecule has 2 heterocycles. The molecule has 0 spiro atoms. The highest BCUT2D eigenvalue weighted by Gasteiger charge is 2.30. The van der Waals surface area contributed by atoms with Crippen molar-refractivity contribution in [3.05, 3.63) is 47.7 Å². The Hall–Kier alpha value is -1.75. The molecule has 5 heteroatoms. The lowest BCUT2D eigenvalue weighted by Crippen LogP contribution is -2.26. The van der Waals surface area contributed by atoms with E-state index < -0.39 is 11.7 Å². The lowest BCUT2D eigenvalue weighted by molar-refractivity contribution is -0.137. The highest BCUT2D eigenvalue weighted by molar-refractivity contribution is 5.59. The van der Waals surface area contributed by atoms with Gasteiger partial charge in [0.1, 0.15) is 11.5 Å². The third kappa shape index (κ3) is 3.13. The van der Waals surface area contributed by atoms with E-state index in [4.69, 9.17) is 4.42 Å². The Labute approximate surface area is 121 Å². The largest absolute Gasteiger partial charge is 0.459 e. The Morgan fingerprint density at radius 2 is 1.95 bits per heavy atom. The maximum absolute atomic E-state index is 12.7. The SMILES string of the molecule is FC(F)(F)c1cccc(-c2ccc([C@@H]3CCCCN3)o2)c1. The average molecular weight is 295 g/mol. The van der Waals surface area contributed by atoms with E-state index in [9.17, 15) is 13.2 Å². The fourth-order valence-electron chi connectivity index (χ4n) is 2.64. The zero-order valence-electron chi connectivity index (χ0n) is 11.4. The highest BCUT2D eigenvalue weighted by Crippen LogP contribution is 2.34. The number of alkyl halides is 3. The van der Waals surface area contributed by atoms with E-state index in [0.29, 0.717) is 11.3 Å². The number of nitrogens with one attached hydrogen (secondary N) is 1. The maximum atomic E-state index is 12.7. The molecule has 1 saturated heterocycles. The topological polar surface area (TPSA) is 25.2 Å². The smallest absolute Gasteiger partial charge is 0.416 e. The molecular formula is C16H16F3NO. The van der Waals surface area contributed by atoms with Crippen molar-refractivity contribution < 1.29 is 17.6 Å². The zero-order chi connectivity index (χ0) is 14.9. The van der Waals surface area contributed by atoms with Crippen molar-refractivity contribution in [2.75, 3.05) is 6.54 Å². The van der Waals surface area contributed by atoms with Crippen LogP contribution >= 0.6 is 0 Å². The van der Waals surface area contributed by atoms with E-state index >= 15 is 0 Å². The first kappa shape index (κ1) is 14.2. The number of piperidine rings is 1. The Kier molecular flexibility index (Phi) is 3.76. The summed E-state index contributed by atoms with van der Waals surface area (Å²) in [5.41, 5.74) is -0.208. The summed E-state index contributed by atoms with van der Waals surface area (Å²) in [5.74, 6) is 1.27. The Morgan fingerprint density at radius 3 is 2.67 bits per heavy atom. The van der Waals surface area contributed by atoms with Crippen LogP contribution in [-0.4, -0.2) is 6.54 Å². The molecule has 1 atom stereocenters. The second kappa shape index (κ2) is 5.56. The van der Waals surface area contributed by atoms with Crippen LogP contribution in [0.4, 0.5) is 13.2 Å². The third-order valence-electron chi connectivity index (χ3n) is 3.75. The van der Waals surface area contributed by atoms with Gasteiger partial charge in [-0.05, 0) is 43.7 Å². The minimum Gasteiger partial charge on any atom is -0.459 e. The number of benzene rings is 1. The predicted octanol–water partition coefficient (Wildman–Crippen LogP) is 4.78. The van der Waals surface area contributed by atoms with Crippen LogP contribution in [-0.2, 0) is 6.18 Å². The molecule has 21 heavy (non-hydrogen) atoms. The number of hydrogen-bond donors (Lipinski definition) is 1. The first-order valence-corrected chi connectivity index (χ1v) is 7.05. The van der Waals surface area contributed by atoms with Crippen molar-refractivity contribution in [1.82, 2.24) is 5.32 Å². The van der Waals surface area contributed by atoms with Crippen LogP contribution in [0.25, 0.3) is 11.3 Å². The molecule has 1 aromatic carbocycles. The molecule has 112 valence electrons. The molecule has 1 aliphatic rings. The Bertz CT molecular complexity index is 612. The van der Waals surface area contributed by atoms with Crippen LogP contribution < -0.4 is 5.32 Å². The molecule has 0 saturated carbocycles. The summed E-state index contributed by atoms with van der Waals surface area (Å²) in [6.07, 6.45) is -1.05. The number of furan rings is 1. The van der Waals surface area contributed by atoms with Crippen molar-refractivity contribution in [2.24, 2.45) is 0 Å². The fourth-order valence-corrected chi connectivity index (χ4v) is 2.64. The molecule has 3 rings (SSSR count). The molecular weight excluding hydrogens is 279 g/mol. The number of rotatable bonds is 2. The van der Waals surface area contributed by atoms with Gasteiger partial charge < -0.3 is 9.73 Å². The fraction of sp³-hybridized carbons (Fsp3) is 0.375. The van der Waals surface area contributed by atoms with Gasteiger partial charge in [-0.15, -0.1) is 0 Å². The highest BCUT2D eigenvalue weighted by atomic mass is 19.4. The molecule has 0 unspecified atom stereocenters. The van der Waals surface area contributed by atoms with E-state index in [-0.39, 0.29) is 6.04 Å². The van der Waals surface area contributed by atoms with Crippen LogP contribution in [0, 0.1) is 0 Å². The van der Waals surface area contributed by atoms with Gasteiger partial charge in [-0.25, -0.2) is 0 Å². The molecule has 1 fully saturated rings. The summed E-state index contributed by atoms with van der Waals surface area (Å²) in [6.45, 7) is 0.949. The van der Waals surface area contributed by atoms with Crippen LogP contribution in [0.3, 0.4) is 0 Å². The molecule has 1 N–H and O–H groups in total. The second-order valence-corrected chi connectivity index (χ2v) is 5.28. The molecule has 2 nitrogen and oxygen atoms in total. The van der Waals surface area contributed by atoms with Gasteiger partial charge in [0.2, 0.25) is 0 Å². The van der Waals surface area contributed by atoms with Gasteiger partial charge in [-0.3, -0.25) is 0 Å². The Balaban J connectivity index is 1.86. The second-order valence-electron chi connectivity index (χ2n) is 5.28. The van der Waals surface area contributed by atoms with Gasteiger partial charge in [-0.2, -0.15) is 13.2 Å². The summed E-state index contributed by atoms with van der Waals surface area (Å²) in [5, 5.41) is 3.36. The minimum absolute atomic E-state index is 0.165. The van der Waals surface area contributed by atoms with Crippen molar-refractivity contribution >= 4 is 0 Å². The molecule has 1 aromatic heterocycles. The summed E-state index contributed by atoms with van der Waals surface area (Å²) < 4.78 is 44.0. The zero-order valence-corrected chi connectivity index (χ0v) is 11.4. The van der Waals surface area contributed by atoms with E-state index in [0.717, 1.165) is 43.7 Å². The Morgan fingerprint density at radius 1 is 1.10 bits per heavy atom. The van der Waals surface area contributed by atoms with Gasteiger partial charge in [-0.1, -0.05) is 18.6 Å². The maximum Gasteiger partial charge on any atom is 0.416 e. The van der Waals surface area contributed by atoms with Gasteiger partial charge >= 0.3 is 6.18 Å². The van der Waals surface area contributed by atoms with Crippen LogP contribution in [0.15, 0.2) is 40.8 Å². The predicted molar refractivity (Wildman–Crippen MR) is 73.7 cm³/mol. The lowest BCUT2D eigenvalue weighted by atomic mass is 10.0. The standard InChI is InChI=1S/C16H16F3NO/c17-16(18,19)12-5-3-4-11(10-12)14-7-8-15(21-14)13-6-1-2-9-20-13/h3-5,7-8,10,13,20H,1-2,6,9H2/t13-/m0/s1. The van der Waals surface area contributed by atoms with Crippen molar-refractivity contribution in [2.45, 2.75) is 31.5 Å². The first-order chi connectivity index (χ1) is 10.0. The normalized spacial score (nSPS) is 19.7. The van der Waals surface area contributed by atoms with Gasteiger partial charge in [0, 0.05) is 5.56 Å². The molecule has 2 aromatic rings. The van der Waals surface area contributed by atoms with Gasteiger partial charge in [0.15, 0.2) is 0 Å². The first-order valence-electron chi connectivity index (χ1n) is 7.05. The molecule has 1 aliphatic heterocycles. The minimum atomic E-state index is -4.34. The monoisotopic (exact) mass is 295 g/mol. The summed E-state index contributed by atoms with van der Waals surface area (Å²) >= 11 is 0. The van der Waals surface area contributed by atoms with Crippen LogP contribution in [0.1, 0.15) is 36.6 Å². The molecule has 0 aliphatic carbocycles. The van der Waals surface area contributed by atoms with E-state index in [1.54, 1.807) is 12.1 Å². The van der Waals surface area contributed by atoms with Crippen LogP contribution in [0.2, 0.25) is 0 Å². The third-order valence-corrected chi connectivity index (χ3v) is 3.75. The van der Waals surface area contributed by atoms with Crippen LogP contribution in [0.5, 0.6) is 0 Å². The van der Waals surface area contributed by atoms with Gasteiger partial charge in [0.25, 0.3) is 0 Å². The number of hydrogen-bond acceptors (Lipinski definition) is 2. The molecule has 0 radical (unpaired) electrons. The van der Waals surface area contributed by atoms with E-state index in [1.807, 2.05) is 6.07 Å². The molecule has 0 bridgehead atoms. The lowest BCUT2D eigenvalue weighted by Gasteiger charge is -2.21. The average Bonchev–Trinajstić information content (AvgIpc) is 2.97. The van der Waals surface area contributed by atoms with Crippen molar-refractivity contribution in [3.8, 4) is 11.3 Å². The number of halogens is 3. The van der Waals surface area contributed by atoms with E-state index in [2.05, 4.69) is 5.32 Å². The summed E-state index contributed by atoms with van der Waals surface area (Å²) in [4.78, 5) is 0. The van der Waals surface area contributed by atoms with Gasteiger partial charge in [0.05, 0.1) is 11.6 Å². The quantitative estimate of drug-likeness (QED) is 0.862. The summed E-state index contributed by atoms with van der Waals surface area (Å²) in [6, 6.07) is 8.97. The van der Waals surface area contributed by atoms with Crippen molar-refractivity contribution in [3.63, 3.8) is 0 Å². The van der Waals surface area contributed by atoms with Crippen molar-refractivity contribution in [1.29, 1.82) is 0 Å². The molecule has 0 amide bonds. The summed E-state index contributed by atoms with van der Waals surface area (Å²) in [7, 11) is 0. The van der Waals surface area contributed by atoms with E-state index in [1.165, 1.54) is 6.07 Å².